The molecule has 5 aromatic carbocycles. The van der Waals surface area contributed by atoms with Crippen LogP contribution in [0.3, 0.4) is 0 Å². The number of nitrogens with zero attached hydrogens (tertiary/aromatic N) is 4. The number of aromatic nitrogens is 4. The molecule has 4 nitrogen and oxygen atoms in total. The first-order chi connectivity index (χ1) is 21.8. The van der Waals surface area contributed by atoms with Crippen LogP contribution in [0.25, 0.3) is 78.2 Å². The Morgan fingerprint density at radius 2 is 0.682 bits per heavy atom. The van der Waals surface area contributed by atoms with Gasteiger partial charge in [-0.1, -0.05) is 133 Å². The molecule has 3 aromatic heterocycles. The Bertz CT molecular complexity index is 2210. The van der Waals surface area contributed by atoms with E-state index in [1.165, 1.54) is 0 Å². The van der Waals surface area contributed by atoms with Crippen molar-refractivity contribution in [3.8, 4) is 56.4 Å². The topological polar surface area (TPSA) is 51.6 Å². The summed E-state index contributed by atoms with van der Waals surface area (Å²) in [6.45, 7) is 0. The highest BCUT2D eigenvalue weighted by Crippen LogP contribution is 2.32. The summed E-state index contributed by atoms with van der Waals surface area (Å²) in [5.74, 6) is 0.674. The highest BCUT2D eigenvalue weighted by atomic mass is 14.9. The zero-order valence-electron chi connectivity index (χ0n) is 23.8. The molecule has 0 atom stereocenters. The monoisotopic (exact) mass is 562 g/mol. The van der Waals surface area contributed by atoms with Gasteiger partial charge in [0.05, 0.1) is 33.8 Å². The molecule has 206 valence electrons. The summed E-state index contributed by atoms with van der Waals surface area (Å²) >= 11 is 0. The van der Waals surface area contributed by atoms with Gasteiger partial charge in [0.1, 0.15) is 0 Å². The molecule has 0 radical (unpaired) electrons. The quantitative estimate of drug-likeness (QED) is 0.196. The normalized spacial score (nSPS) is 11.2. The van der Waals surface area contributed by atoms with Crippen molar-refractivity contribution in [3.05, 3.63) is 158 Å². The Balaban J connectivity index is 1.25. The third-order valence-electron chi connectivity index (χ3n) is 7.87. The van der Waals surface area contributed by atoms with Crippen LogP contribution >= 0.6 is 0 Å². The largest absolute Gasteiger partial charge is 0.245 e. The van der Waals surface area contributed by atoms with E-state index < -0.39 is 0 Å². The minimum atomic E-state index is 0.674. The number of pyridine rings is 2. The maximum Gasteiger partial charge on any atom is 0.160 e. The zero-order valence-corrected chi connectivity index (χ0v) is 23.8. The average molecular weight is 563 g/mol. The van der Waals surface area contributed by atoms with E-state index in [4.69, 9.17) is 19.9 Å². The van der Waals surface area contributed by atoms with Crippen molar-refractivity contribution in [2.24, 2.45) is 0 Å². The van der Waals surface area contributed by atoms with Gasteiger partial charge in [-0.05, 0) is 24.3 Å². The van der Waals surface area contributed by atoms with Crippen molar-refractivity contribution >= 4 is 21.8 Å². The molecular weight excluding hydrogens is 536 g/mol. The Morgan fingerprint density at radius 3 is 1.20 bits per heavy atom. The van der Waals surface area contributed by atoms with Crippen LogP contribution in [0.15, 0.2) is 158 Å². The van der Waals surface area contributed by atoms with Crippen molar-refractivity contribution in [1.29, 1.82) is 0 Å². The number of benzene rings is 5. The molecule has 0 aliphatic carbocycles. The molecule has 0 N–H and O–H groups in total. The van der Waals surface area contributed by atoms with Crippen LogP contribution in [0.1, 0.15) is 0 Å². The summed E-state index contributed by atoms with van der Waals surface area (Å²) < 4.78 is 0. The Morgan fingerprint density at radius 1 is 0.273 bits per heavy atom. The average Bonchev–Trinajstić information content (AvgIpc) is 3.12. The maximum atomic E-state index is 5.17. The van der Waals surface area contributed by atoms with Gasteiger partial charge in [-0.15, -0.1) is 0 Å². The van der Waals surface area contributed by atoms with Crippen LogP contribution in [0.4, 0.5) is 0 Å². The second-order valence-corrected chi connectivity index (χ2v) is 10.7. The van der Waals surface area contributed by atoms with Gasteiger partial charge in [-0.25, -0.2) is 19.9 Å². The summed E-state index contributed by atoms with van der Waals surface area (Å²) in [5.41, 5.74) is 10.5. The lowest BCUT2D eigenvalue weighted by atomic mass is 10.0. The van der Waals surface area contributed by atoms with Crippen LogP contribution in [0, 0.1) is 0 Å². The predicted molar refractivity (Wildman–Crippen MR) is 180 cm³/mol. The molecule has 8 rings (SSSR count). The van der Waals surface area contributed by atoms with E-state index in [9.17, 15) is 0 Å². The zero-order chi connectivity index (χ0) is 29.3. The Labute approximate surface area is 255 Å². The van der Waals surface area contributed by atoms with Crippen LogP contribution in [0.2, 0.25) is 0 Å². The van der Waals surface area contributed by atoms with Gasteiger partial charge in [0.2, 0.25) is 0 Å². The van der Waals surface area contributed by atoms with Crippen molar-refractivity contribution < 1.29 is 0 Å². The third-order valence-corrected chi connectivity index (χ3v) is 7.87. The van der Waals surface area contributed by atoms with Gasteiger partial charge >= 0.3 is 0 Å². The van der Waals surface area contributed by atoms with Gasteiger partial charge in [0.25, 0.3) is 0 Å². The second-order valence-electron chi connectivity index (χ2n) is 10.7. The summed E-state index contributed by atoms with van der Waals surface area (Å²) in [4.78, 5) is 20.3. The minimum Gasteiger partial charge on any atom is -0.245 e. The third kappa shape index (κ3) is 4.89. The van der Waals surface area contributed by atoms with E-state index in [1.54, 1.807) is 0 Å². The summed E-state index contributed by atoms with van der Waals surface area (Å²) in [5, 5.41) is 2.12. The number of hydrogen-bond donors (Lipinski definition) is 0. The van der Waals surface area contributed by atoms with Crippen LogP contribution < -0.4 is 0 Å². The molecule has 0 spiro atoms. The molecule has 0 fully saturated rings. The lowest BCUT2D eigenvalue weighted by Gasteiger charge is -2.11. The van der Waals surface area contributed by atoms with Crippen LogP contribution in [-0.2, 0) is 0 Å². The fraction of sp³-hybridized carbons (Fsp3) is 0. The lowest BCUT2D eigenvalue weighted by Crippen LogP contribution is -1.96. The highest BCUT2D eigenvalue weighted by molar-refractivity contribution is 6.04. The highest BCUT2D eigenvalue weighted by Gasteiger charge is 2.13. The molecule has 8 aromatic rings. The molecule has 0 aliphatic rings. The van der Waals surface area contributed by atoms with Gasteiger partial charge in [-0.3, -0.25) is 0 Å². The second kappa shape index (κ2) is 11.0. The fourth-order valence-corrected chi connectivity index (χ4v) is 5.61. The van der Waals surface area contributed by atoms with Gasteiger partial charge in [0, 0.05) is 38.6 Å². The standard InChI is InChI=1S/C40H26N4/c1-4-11-27(12-5-1)34-23-21-30-19-20-31-22-24-35(42-39(31)38(30)41-34)32-17-10-18-33(25-32)40-43-36(28-13-6-2-7-14-28)26-37(44-40)29-15-8-3-9-16-29/h1-26H. The SMILES string of the molecule is c1ccc(-c2cc(-c3ccccc3)nc(-c3cccc(-c4ccc5ccc6ccc(-c7ccccc7)nc6c5n4)c3)n2)cc1. The number of rotatable bonds is 5. The fourth-order valence-electron chi connectivity index (χ4n) is 5.61. The predicted octanol–water partition coefficient (Wildman–Crippen LogP) is 9.91. The first kappa shape index (κ1) is 25.7. The first-order valence-corrected chi connectivity index (χ1v) is 14.7. The van der Waals surface area contributed by atoms with Crippen molar-refractivity contribution in [2.45, 2.75) is 0 Å². The lowest BCUT2D eigenvalue weighted by molar-refractivity contribution is 1.18. The van der Waals surface area contributed by atoms with Crippen molar-refractivity contribution in [3.63, 3.8) is 0 Å². The number of hydrogen-bond acceptors (Lipinski definition) is 4. The van der Waals surface area contributed by atoms with Gasteiger partial charge < -0.3 is 0 Å². The van der Waals surface area contributed by atoms with Gasteiger partial charge in [-0.2, -0.15) is 0 Å². The molecule has 4 heteroatoms. The van der Waals surface area contributed by atoms with Gasteiger partial charge in [0.15, 0.2) is 5.82 Å². The van der Waals surface area contributed by atoms with E-state index >= 15 is 0 Å². The minimum absolute atomic E-state index is 0.674. The first-order valence-electron chi connectivity index (χ1n) is 14.7. The smallest absolute Gasteiger partial charge is 0.160 e. The summed E-state index contributed by atoms with van der Waals surface area (Å²) in [6.07, 6.45) is 0. The van der Waals surface area contributed by atoms with Crippen LogP contribution in [-0.4, -0.2) is 19.9 Å². The van der Waals surface area contributed by atoms with E-state index in [2.05, 4.69) is 97.1 Å². The molecule has 0 aliphatic heterocycles. The molecular formula is C40H26N4. The van der Waals surface area contributed by atoms with E-state index in [0.29, 0.717) is 5.82 Å². The summed E-state index contributed by atoms with van der Waals surface area (Å²) in [7, 11) is 0. The van der Waals surface area contributed by atoms with Crippen molar-refractivity contribution in [2.75, 3.05) is 0 Å². The maximum absolute atomic E-state index is 5.17. The van der Waals surface area contributed by atoms with E-state index in [-0.39, 0.29) is 0 Å². The Hall–Kier alpha value is -6.00. The molecule has 0 bridgehead atoms. The molecule has 0 saturated carbocycles. The summed E-state index contributed by atoms with van der Waals surface area (Å²) in [6, 6.07) is 53.8. The van der Waals surface area contributed by atoms with Crippen LogP contribution in [0.5, 0.6) is 0 Å². The Kier molecular flexibility index (Phi) is 6.43. The molecule has 0 unspecified atom stereocenters. The molecule has 0 saturated heterocycles. The molecule has 3 heterocycles. The molecule has 44 heavy (non-hydrogen) atoms. The number of fused-ring (bicyclic) bond motifs is 3. The molecule has 0 amide bonds. The van der Waals surface area contributed by atoms with Crippen molar-refractivity contribution in [1.82, 2.24) is 19.9 Å². The van der Waals surface area contributed by atoms with E-state index in [1.807, 2.05) is 60.7 Å². The van der Waals surface area contributed by atoms with E-state index in [0.717, 1.165) is 72.4 Å².